The first-order valence-electron chi connectivity index (χ1n) is 4.11. The van der Waals surface area contributed by atoms with Crippen molar-refractivity contribution in [2.24, 2.45) is 0 Å². The van der Waals surface area contributed by atoms with E-state index >= 15 is 0 Å². The van der Waals surface area contributed by atoms with Crippen LogP contribution in [0.4, 0.5) is 13.2 Å². The van der Waals surface area contributed by atoms with Crippen LogP contribution in [0.2, 0.25) is 0 Å². The van der Waals surface area contributed by atoms with E-state index in [9.17, 15) is 13.2 Å². The van der Waals surface area contributed by atoms with Crippen LogP contribution in [-0.2, 0) is 0 Å². The number of hydrogen-bond donors (Lipinski definition) is 0. The van der Waals surface area contributed by atoms with Gasteiger partial charge in [0.15, 0.2) is 5.82 Å². The van der Waals surface area contributed by atoms with Gasteiger partial charge in [-0.1, -0.05) is 12.1 Å². The minimum absolute atomic E-state index is 0.0996. The second kappa shape index (κ2) is 3.96. The Kier molecular flexibility index (Phi) is 2.81. The van der Waals surface area contributed by atoms with Crippen LogP contribution in [0.1, 0.15) is 12.0 Å². The molecular formula is C10H5F3IN. The van der Waals surface area contributed by atoms with Crippen molar-refractivity contribution in [2.45, 2.75) is 6.43 Å². The fourth-order valence-corrected chi connectivity index (χ4v) is 1.88. The Morgan fingerprint density at radius 2 is 2.00 bits per heavy atom. The van der Waals surface area contributed by atoms with Gasteiger partial charge < -0.3 is 0 Å². The number of nitrogens with zero attached hydrogens (tertiary/aromatic N) is 1. The van der Waals surface area contributed by atoms with Crippen molar-refractivity contribution >= 4 is 33.5 Å². The molecule has 0 aliphatic carbocycles. The molecule has 0 N–H and O–H groups in total. The van der Waals surface area contributed by atoms with Crippen LogP contribution in [-0.4, -0.2) is 4.98 Å². The zero-order chi connectivity index (χ0) is 11.0. The maximum Gasteiger partial charge on any atom is 0.263 e. The summed E-state index contributed by atoms with van der Waals surface area (Å²) < 4.78 is 38.2. The monoisotopic (exact) mass is 323 g/mol. The van der Waals surface area contributed by atoms with Gasteiger partial charge in [0.2, 0.25) is 0 Å². The zero-order valence-electron chi connectivity index (χ0n) is 7.35. The third-order valence-corrected chi connectivity index (χ3v) is 3.13. The largest absolute Gasteiger partial charge is 0.263 e. The Morgan fingerprint density at radius 1 is 1.27 bits per heavy atom. The molecule has 0 atom stereocenters. The summed E-state index contributed by atoms with van der Waals surface area (Å²) >= 11 is 1.83. The molecule has 5 heteroatoms. The molecule has 2 aromatic rings. The minimum Gasteiger partial charge on any atom is -0.253 e. The van der Waals surface area contributed by atoms with E-state index in [1.807, 2.05) is 22.6 Å². The van der Waals surface area contributed by atoms with E-state index in [1.165, 1.54) is 18.2 Å². The summed E-state index contributed by atoms with van der Waals surface area (Å²) in [5.74, 6) is -0.437. The van der Waals surface area contributed by atoms with Gasteiger partial charge in [0, 0.05) is 10.9 Å². The molecule has 0 aliphatic heterocycles. The second-order valence-corrected chi connectivity index (χ2v) is 4.08. The number of alkyl halides is 2. The summed E-state index contributed by atoms with van der Waals surface area (Å²) in [6.45, 7) is 0. The van der Waals surface area contributed by atoms with Crippen molar-refractivity contribution in [1.29, 1.82) is 0 Å². The first kappa shape index (κ1) is 10.7. The van der Waals surface area contributed by atoms with Crippen molar-refractivity contribution in [3.8, 4) is 0 Å². The minimum atomic E-state index is -2.53. The van der Waals surface area contributed by atoms with Gasteiger partial charge >= 0.3 is 0 Å². The fraction of sp³-hybridized carbons (Fsp3) is 0.100. The average Bonchev–Trinajstić information content (AvgIpc) is 2.23. The zero-order valence-corrected chi connectivity index (χ0v) is 9.50. The molecular weight excluding hydrogens is 318 g/mol. The number of halogens is 4. The van der Waals surface area contributed by atoms with Crippen LogP contribution in [0.5, 0.6) is 0 Å². The number of pyridine rings is 1. The van der Waals surface area contributed by atoms with E-state index in [-0.39, 0.29) is 5.56 Å². The van der Waals surface area contributed by atoms with Crippen molar-refractivity contribution in [3.05, 3.63) is 39.3 Å². The molecule has 15 heavy (non-hydrogen) atoms. The van der Waals surface area contributed by atoms with E-state index in [0.29, 0.717) is 14.5 Å². The molecule has 1 aromatic carbocycles. The molecule has 0 bridgehead atoms. The summed E-state index contributed by atoms with van der Waals surface area (Å²) in [6, 6.07) is 4.03. The maximum atomic E-state index is 13.1. The lowest BCUT2D eigenvalue weighted by Gasteiger charge is -2.04. The molecule has 0 spiro atoms. The van der Waals surface area contributed by atoms with Crippen LogP contribution in [0.25, 0.3) is 10.9 Å². The first-order valence-corrected chi connectivity index (χ1v) is 5.19. The topological polar surface area (TPSA) is 12.9 Å². The quantitative estimate of drug-likeness (QED) is 0.725. The van der Waals surface area contributed by atoms with Crippen LogP contribution in [0.15, 0.2) is 24.4 Å². The molecule has 0 amide bonds. The Balaban J connectivity index is 2.70. The predicted molar refractivity (Wildman–Crippen MR) is 59.4 cm³/mol. The summed E-state index contributed by atoms with van der Waals surface area (Å²) in [6.07, 6.45) is -1.49. The number of benzene rings is 1. The van der Waals surface area contributed by atoms with Crippen LogP contribution >= 0.6 is 22.6 Å². The molecule has 0 unspecified atom stereocenters. The van der Waals surface area contributed by atoms with Gasteiger partial charge in [0.05, 0.1) is 15.3 Å². The number of rotatable bonds is 1. The van der Waals surface area contributed by atoms with E-state index in [0.717, 1.165) is 6.20 Å². The van der Waals surface area contributed by atoms with Gasteiger partial charge in [0.1, 0.15) is 0 Å². The third kappa shape index (κ3) is 1.92. The van der Waals surface area contributed by atoms with Crippen molar-refractivity contribution in [2.75, 3.05) is 0 Å². The lowest BCUT2D eigenvalue weighted by atomic mass is 10.1. The molecule has 0 saturated heterocycles. The Hall–Kier alpha value is -0.850. The highest BCUT2D eigenvalue weighted by Crippen LogP contribution is 2.26. The molecule has 0 saturated carbocycles. The van der Waals surface area contributed by atoms with E-state index < -0.39 is 12.2 Å². The fourth-order valence-electron chi connectivity index (χ4n) is 1.29. The average molecular weight is 323 g/mol. The highest BCUT2D eigenvalue weighted by molar-refractivity contribution is 14.1. The van der Waals surface area contributed by atoms with Gasteiger partial charge in [-0.3, -0.25) is 4.98 Å². The van der Waals surface area contributed by atoms with Crippen molar-refractivity contribution in [3.63, 3.8) is 0 Å². The second-order valence-electron chi connectivity index (χ2n) is 3.00. The molecule has 0 radical (unpaired) electrons. The van der Waals surface area contributed by atoms with E-state index in [1.54, 1.807) is 0 Å². The number of aromatic nitrogens is 1. The Labute approximate surface area is 97.5 Å². The molecule has 0 fully saturated rings. The first-order chi connectivity index (χ1) is 7.09. The number of fused-ring (bicyclic) bond motifs is 1. The summed E-state index contributed by atoms with van der Waals surface area (Å²) in [7, 11) is 0. The summed E-state index contributed by atoms with van der Waals surface area (Å²) in [4.78, 5) is 3.77. The molecule has 1 aromatic heterocycles. The molecule has 2 rings (SSSR count). The lowest BCUT2D eigenvalue weighted by molar-refractivity contribution is 0.151. The third-order valence-electron chi connectivity index (χ3n) is 2.04. The highest BCUT2D eigenvalue weighted by Gasteiger charge is 2.10. The van der Waals surface area contributed by atoms with Crippen molar-refractivity contribution in [1.82, 2.24) is 4.98 Å². The lowest BCUT2D eigenvalue weighted by Crippen LogP contribution is -1.91. The molecule has 0 aliphatic rings. The standard InChI is InChI=1S/C10H5F3IN/c11-7-4-15-8-3-5(10(12)13)1-2-6(8)9(7)14/h1-4,10H. The van der Waals surface area contributed by atoms with E-state index in [2.05, 4.69) is 4.98 Å². The van der Waals surface area contributed by atoms with Gasteiger partial charge in [-0.05, 0) is 28.7 Å². The Bertz CT molecular complexity index is 513. The SMILES string of the molecule is Fc1cnc2cc(C(F)F)ccc2c1I. The van der Waals surface area contributed by atoms with Gasteiger partial charge in [-0.25, -0.2) is 13.2 Å². The molecule has 1 heterocycles. The van der Waals surface area contributed by atoms with Crippen LogP contribution in [0, 0.1) is 9.39 Å². The Morgan fingerprint density at radius 3 is 2.67 bits per heavy atom. The van der Waals surface area contributed by atoms with Crippen LogP contribution < -0.4 is 0 Å². The smallest absolute Gasteiger partial charge is 0.253 e. The van der Waals surface area contributed by atoms with Gasteiger partial charge in [0.25, 0.3) is 6.43 Å². The highest BCUT2D eigenvalue weighted by atomic mass is 127. The molecule has 1 nitrogen and oxygen atoms in total. The van der Waals surface area contributed by atoms with Gasteiger partial charge in [-0.15, -0.1) is 0 Å². The molecule has 78 valence electrons. The maximum absolute atomic E-state index is 13.1. The number of hydrogen-bond acceptors (Lipinski definition) is 1. The van der Waals surface area contributed by atoms with Crippen LogP contribution in [0.3, 0.4) is 0 Å². The van der Waals surface area contributed by atoms with E-state index in [4.69, 9.17) is 0 Å². The van der Waals surface area contributed by atoms with Gasteiger partial charge in [-0.2, -0.15) is 0 Å². The normalized spacial score (nSPS) is 11.3. The predicted octanol–water partition coefficient (Wildman–Crippen LogP) is 3.92. The summed E-state index contributed by atoms with van der Waals surface area (Å²) in [5.41, 5.74) is 0.288. The summed E-state index contributed by atoms with van der Waals surface area (Å²) in [5, 5.41) is 0.556. The van der Waals surface area contributed by atoms with Crippen molar-refractivity contribution < 1.29 is 13.2 Å².